The molecule has 0 saturated carbocycles. The fourth-order valence-corrected chi connectivity index (χ4v) is 3.45. The molecule has 0 unspecified atom stereocenters. The van der Waals surface area contributed by atoms with Gasteiger partial charge in [0.15, 0.2) is 5.56 Å². The predicted molar refractivity (Wildman–Crippen MR) is 93.9 cm³/mol. The third kappa shape index (κ3) is 2.68. The number of ether oxygens (including phenoxy) is 3. The van der Waals surface area contributed by atoms with Gasteiger partial charge in [0.2, 0.25) is 0 Å². The van der Waals surface area contributed by atoms with Crippen molar-refractivity contribution in [2.75, 3.05) is 44.9 Å². The average molecular weight is 354 g/mol. The second kappa shape index (κ2) is 6.73. The van der Waals surface area contributed by atoms with Crippen LogP contribution in [0, 0.1) is 11.3 Å². The Hall–Kier alpha value is -2.98. The largest absolute Gasteiger partial charge is 0.497 e. The molecule has 3 heterocycles. The number of hydrogen-bond acceptors (Lipinski definition) is 7. The summed E-state index contributed by atoms with van der Waals surface area (Å²) in [6.45, 7) is 2.79. The van der Waals surface area contributed by atoms with Gasteiger partial charge in [0.05, 0.1) is 38.2 Å². The van der Waals surface area contributed by atoms with Crippen LogP contribution in [0.15, 0.2) is 27.4 Å². The molecule has 1 aromatic heterocycles. The Morgan fingerprint density at radius 1 is 1.23 bits per heavy atom. The van der Waals surface area contributed by atoms with Gasteiger partial charge in [-0.15, -0.1) is 0 Å². The number of morpholine rings is 1. The van der Waals surface area contributed by atoms with Crippen LogP contribution in [-0.2, 0) is 11.2 Å². The molecule has 0 N–H and O–H groups in total. The lowest BCUT2D eigenvalue weighted by atomic mass is 10.00. The number of nitrogens with zero attached hydrogens (tertiary/aromatic N) is 2. The van der Waals surface area contributed by atoms with Crippen LogP contribution in [0.2, 0.25) is 0 Å². The van der Waals surface area contributed by atoms with E-state index in [0.29, 0.717) is 67.8 Å². The van der Waals surface area contributed by atoms with Gasteiger partial charge in [0, 0.05) is 25.1 Å². The molecule has 4 rings (SSSR count). The number of hydrogen-bond donors (Lipinski definition) is 0. The Morgan fingerprint density at radius 3 is 2.77 bits per heavy atom. The van der Waals surface area contributed by atoms with Crippen LogP contribution in [0.5, 0.6) is 11.5 Å². The maximum absolute atomic E-state index is 12.5. The molecule has 26 heavy (non-hydrogen) atoms. The van der Waals surface area contributed by atoms with Crippen LogP contribution < -0.4 is 20.0 Å². The van der Waals surface area contributed by atoms with Gasteiger partial charge in [-0.25, -0.2) is 4.79 Å². The Labute approximate surface area is 150 Å². The molecule has 0 bridgehead atoms. The van der Waals surface area contributed by atoms with Crippen molar-refractivity contribution < 1.29 is 18.6 Å². The van der Waals surface area contributed by atoms with Crippen LogP contribution in [0.4, 0.5) is 5.69 Å². The average Bonchev–Trinajstić information content (AvgIpc) is 2.86. The normalized spacial score (nSPS) is 15.9. The molecule has 2 aliphatic heterocycles. The molecule has 1 fully saturated rings. The summed E-state index contributed by atoms with van der Waals surface area (Å²) < 4.78 is 22.1. The topological polar surface area (TPSA) is 84.9 Å². The van der Waals surface area contributed by atoms with Crippen molar-refractivity contribution in [2.45, 2.75) is 6.42 Å². The minimum absolute atomic E-state index is 0.0389. The first-order chi connectivity index (χ1) is 12.7. The molecule has 0 aliphatic carbocycles. The Morgan fingerprint density at radius 2 is 2.04 bits per heavy atom. The van der Waals surface area contributed by atoms with E-state index in [1.807, 2.05) is 11.0 Å². The number of methoxy groups -OCH3 is 1. The highest BCUT2D eigenvalue weighted by Crippen LogP contribution is 2.41. The SMILES string of the molecule is COc1ccc2c(c1)-c1oc(=O)c(C#N)c(N3CCOCC3)c1CCO2. The molecular formula is C19H18N2O5. The highest BCUT2D eigenvalue weighted by atomic mass is 16.5. The minimum Gasteiger partial charge on any atom is -0.497 e. The maximum Gasteiger partial charge on any atom is 0.356 e. The molecule has 7 nitrogen and oxygen atoms in total. The summed E-state index contributed by atoms with van der Waals surface area (Å²) in [5.41, 5.74) is 1.52. The van der Waals surface area contributed by atoms with E-state index in [9.17, 15) is 10.1 Å². The van der Waals surface area contributed by atoms with E-state index in [-0.39, 0.29) is 5.56 Å². The van der Waals surface area contributed by atoms with E-state index >= 15 is 0 Å². The van der Waals surface area contributed by atoms with Crippen molar-refractivity contribution >= 4 is 5.69 Å². The van der Waals surface area contributed by atoms with Crippen LogP contribution in [0.25, 0.3) is 11.3 Å². The summed E-state index contributed by atoms with van der Waals surface area (Å²) in [7, 11) is 1.58. The number of rotatable bonds is 2. The molecule has 1 aromatic carbocycles. The van der Waals surface area contributed by atoms with Crippen LogP contribution in [-0.4, -0.2) is 40.0 Å². The molecule has 2 aliphatic rings. The summed E-state index contributed by atoms with van der Waals surface area (Å²) in [6.07, 6.45) is 0.539. The first-order valence-electron chi connectivity index (χ1n) is 8.47. The molecular weight excluding hydrogens is 336 g/mol. The lowest BCUT2D eigenvalue weighted by Gasteiger charge is -2.31. The Balaban J connectivity index is 1.98. The lowest BCUT2D eigenvalue weighted by molar-refractivity contribution is 0.122. The lowest BCUT2D eigenvalue weighted by Crippen LogP contribution is -2.38. The zero-order chi connectivity index (χ0) is 18.1. The summed E-state index contributed by atoms with van der Waals surface area (Å²) in [5, 5.41) is 9.56. The molecule has 0 atom stereocenters. The van der Waals surface area contributed by atoms with E-state index in [1.165, 1.54) is 0 Å². The zero-order valence-corrected chi connectivity index (χ0v) is 14.4. The highest BCUT2D eigenvalue weighted by molar-refractivity contribution is 5.78. The highest BCUT2D eigenvalue weighted by Gasteiger charge is 2.29. The van der Waals surface area contributed by atoms with Crippen LogP contribution in [0.1, 0.15) is 11.1 Å². The number of nitriles is 1. The molecule has 0 radical (unpaired) electrons. The summed E-state index contributed by atoms with van der Waals surface area (Å²) in [5.74, 6) is 1.72. The predicted octanol–water partition coefficient (Wildman–Crippen LogP) is 1.96. The fourth-order valence-electron chi connectivity index (χ4n) is 3.45. The van der Waals surface area contributed by atoms with E-state index in [4.69, 9.17) is 18.6 Å². The van der Waals surface area contributed by atoms with Gasteiger partial charge in [-0.3, -0.25) is 0 Å². The maximum atomic E-state index is 12.5. The molecule has 134 valence electrons. The van der Waals surface area contributed by atoms with E-state index in [2.05, 4.69) is 0 Å². The molecule has 0 spiro atoms. The molecule has 2 aromatic rings. The summed E-state index contributed by atoms with van der Waals surface area (Å²) >= 11 is 0. The summed E-state index contributed by atoms with van der Waals surface area (Å²) in [6, 6.07) is 7.41. The van der Waals surface area contributed by atoms with Crippen molar-refractivity contribution in [3.05, 3.63) is 39.7 Å². The monoisotopic (exact) mass is 354 g/mol. The summed E-state index contributed by atoms with van der Waals surface area (Å²) in [4.78, 5) is 14.6. The quantitative estimate of drug-likeness (QED) is 0.815. The van der Waals surface area contributed by atoms with Crippen molar-refractivity contribution in [3.8, 4) is 28.9 Å². The van der Waals surface area contributed by atoms with Crippen molar-refractivity contribution in [1.29, 1.82) is 5.26 Å². The first-order valence-corrected chi connectivity index (χ1v) is 8.47. The first kappa shape index (κ1) is 16.5. The molecule has 0 amide bonds. The number of anilines is 1. The van der Waals surface area contributed by atoms with Crippen molar-refractivity contribution in [3.63, 3.8) is 0 Å². The van der Waals surface area contributed by atoms with Gasteiger partial charge >= 0.3 is 5.63 Å². The number of benzene rings is 1. The van der Waals surface area contributed by atoms with E-state index < -0.39 is 5.63 Å². The van der Waals surface area contributed by atoms with Gasteiger partial charge in [0.25, 0.3) is 0 Å². The third-order valence-electron chi connectivity index (χ3n) is 4.68. The van der Waals surface area contributed by atoms with Gasteiger partial charge in [-0.05, 0) is 18.2 Å². The van der Waals surface area contributed by atoms with E-state index in [1.54, 1.807) is 25.3 Å². The smallest absolute Gasteiger partial charge is 0.356 e. The Kier molecular flexibility index (Phi) is 4.27. The van der Waals surface area contributed by atoms with Gasteiger partial charge < -0.3 is 23.5 Å². The molecule has 1 saturated heterocycles. The minimum atomic E-state index is -0.636. The van der Waals surface area contributed by atoms with Crippen LogP contribution in [0.3, 0.4) is 0 Å². The zero-order valence-electron chi connectivity index (χ0n) is 14.4. The van der Waals surface area contributed by atoms with Gasteiger partial charge in [-0.1, -0.05) is 0 Å². The Bertz CT molecular complexity index is 938. The second-order valence-electron chi connectivity index (χ2n) is 6.09. The van der Waals surface area contributed by atoms with Crippen LogP contribution >= 0.6 is 0 Å². The molecule has 7 heteroatoms. The third-order valence-corrected chi connectivity index (χ3v) is 4.68. The fraction of sp³-hybridized carbons (Fsp3) is 0.368. The van der Waals surface area contributed by atoms with E-state index in [0.717, 1.165) is 5.56 Å². The van der Waals surface area contributed by atoms with Gasteiger partial charge in [0.1, 0.15) is 23.3 Å². The standard InChI is InChI=1S/C19H18N2O5/c1-23-12-2-3-16-14(10-12)18-13(4-7-25-16)17(15(11-20)19(22)26-18)21-5-8-24-9-6-21/h2-3,10H,4-9H2,1H3. The van der Waals surface area contributed by atoms with Gasteiger partial charge in [-0.2, -0.15) is 5.26 Å². The van der Waals surface area contributed by atoms with Crippen molar-refractivity contribution in [1.82, 2.24) is 0 Å². The van der Waals surface area contributed by atoms with Crippen molar-refractivity contribution in [2.24, 2.45) is 0 Å². The second-order valence-corrected chi connectivity index (χ2v) is 6.09. The number of fused-ring (bicyclic) bond motifs is 3.